The van der Waals surface area contributed by atoms with Crippen LogP contribution in [-0.4, -0.2) is 16.9 Å². The average molecular weight is 285 g/mol. The van der Waals surface area contributed by atoms with Crippen molar-refractivity contribution in [2.75, 3.05) is 7.11 Å². The van der Waals surface area contributed by atoms with E-state index in [1.165, 1.54) is 11.8 Å². The fourth-order valence-electron chi connectivity index (χ4n) is 1.84. The molecule has 0 aliphatic carbocycles. The molecule has 0 bridgehead atoms. The molecule has 1 aromatic heterocycles. The van der Waals surface area contributed by atoms with E-state index >= 15 is 0 Å². The molecule has 4 nitrogen and oxygen atoms in total. The summed E-state index contributed by atoms with van der Waals surface area (Å²) < 4.78 is 43.8. The van der Waals surface area contributed by atoms with Crippen molar-refractivity contribution in [2.24, 2.45) is 5.73 Å². The van der Waals surface area contributed by atoms with E-state index in [1.54, 1.807) is 18.2 Å². The molecule has 1 heterocycles. The monoisotopic (exact) mass is 285 g/mol. The molecule has 1 aromatic carbocycles. The molecular formula is C13H14F3N3O. The van der Waals surface area contributed by atoms with E-state index < -0.39 is 11.7 Å². The topological polar surface area (TPSA) is 53.1 Å². The van der Waals surface area contributed by atoms with E-state index in [2.05, 4.69) is 5.10 Å². The van der Waals surface area contributed by atoms with Crippen LogP contribution in [0.25, 0.3) is 0 Å². The SMILES string of the molecule is COc1cc(Cn2cc(C(F)(F)F)cn2)ccc1CN. The lowest BCUT2D eigenvalue weighted by Crippen LogP contribution is -2.05. The number of benzene rings is 1. The molecule has 0 aliphatic heterocycles. The molecule has 20 heavy (non-hydrogen) atoms. The van der Waals surface area contributed by atoms with E-state index in [0.717, 1.165) is 23.5 Å². The molecule has 2 N–H and O–H groups in total. The lowest BCUT2D eigenvalue weighted by Gasteiger charge is -2.09. The molecule has 0 amide bonds. The van der Waals surface area contributed by atoms with Gasteiger partial charge in [-0.05, 0) is 11.6 Å². The number of hydrogen-bond acceptors (Lipinski definition) is 3. The van der Waals surface area contributed by atoms with Gasteiger partial charge in [-0.1, -0.05) is 12.1 Å². The van der Waals surface area contributed by atoms with Crippen LogP contribution in [0.4, 0.5) is 13.2 Å². The number of alkyl halides is 3. The fraction of sp³-hybridized carbons (Fsp3) is 0.308. The summed E-state index contributed by atoms with van der Waals surface area (Å²) in [6, 6.07) is 5.33. The molecule has 0 aliphatic rings. The Morgan fingerprint density at radius 3 is 2.65 bits per heavy atom. The van der Waals surface area contributed by atoms with E-state index in [9.17, 15) is 13.2 Å². The van der Waals surface area contributed by atoms with Crippen LogP contribution in [0, 0.1) is 0 Å². The molecule has 0 radical (unpaired) electrons. The Balaban J connectivity index is 2.20. The van der Waals surface area contributed by atoms with Crippen molar-refractivity contribution < 1.29 is 17.9 Å². The highest BCUT2D eigenvalue weighted by atomic mass is 19.4. The minimum atomic E-state index is -4.38. The number of halogens is 3. The van der Waals surface area contributed by atoms with E-state index in [1.807, 2.05) is 0 Å². The minimum absolute atomic E-state index is 0.233. The van der Waals surface area contributed by atoms with Gasteiger partial charge < -0.3 is 10.5 Å². The van der Waals surface area contributed by atoms with Gasteiger partial charge in [0.1, 0.15) is 5.75 Å². The fourth-order valence-corrected chi connectivity index (χ4v) is 1.84. The van der Waals surface area contributed by atoms with Crippen molar-refractivity contribution in [3.05, 3.63) is 47.3 Å². The van der Waals surface area contributed by atoms with Gasteiger partial charge in [-0.3, -0.25) is 4.68 Å². The molecule has 0 saturated heterocycles. The van der Waals surface area contributed by atoms with Gasteiger partial charge in [0.15, 0.2) is 0 Å². The Labute approximate surface area is 114 Å². The molecular weight excluding hydrogens is 271 g/mol. The third kappa shape index (κ3) is 3.11. The molecule has 108 valence electrons. The number of nitrogens with two attached hydrogens (primary N) is 1. The first-order chi connectivity index (χ1) is 9.44. The van der Waals surface area contributed by atoms with E-state index in [-0.39, 0.29) is 6.54 Å². The van der Waals surface area contributed by atoms with Crippen LogP contribution in [0.3, 0.4) is 0 Å². The van der Waals surface area contributed by atoms with E-state index in [0.29, 0.717) is 12.3 Å². The zero-order valence-corrected chi connectivity index (χ0v) is 10.8. The first-order valence-electron chi connectivity index (χ1n) is 5.89. The Kier molecular flexibility index (Phi) is 3.99. The standard InChI is InChI=1S/C13H14F3N3O/c1-20-12-4-9(2-3-10(12)5-17)7-19-8-11(6-18-19)13(14,15)16/h2-4,6,8H,5,7,17H2,1H3. The summed E-state index contributed by atoms with van der Waals surface area (Å²) in [5.74, 6) is 0.619. The van der Waals surface area contributed by atoms with Crippen LogP contribution in [-0.2, 0) is 19.3 Å². The van der Waals surface area contributed by atoms with Crippen LogP contribution in [0.5, 0.6) is 5.75 Å². The van der Waals surface area contributed by atoms with Crippen LogP contribution < -0.4 is 10.5 Å². The van der Waals surface area contributed by atoms with Crippen molar-refractivity contribution >= 4 is 0 Å². The number of methoxy groups -OCH3 is 1. The van der Waals surface area contributed by atoms with Gasteiger partial charge in [0.2, 0.25) is 0 Å². The summed E-state index contributed by atoms with van der Waals surface area (Å²) in [5.41, 5.74) is 6.42. The number of rotatable bonds is 4. The highest BCUT2D eigenvalue weighted by Gasteiger charge is 2.32. The van der Waals surface area contributed by atoms with Crippen molar-refractivity contribution in [3.8, 4) is 5.75 Å². The molecule has 0 spiro atoms. The van der Waals surface area contributed by atoms with Gasteiger partial charge in [0, 0.05) is 18.3 Å². The van der Waals surface area contributed by atoms with E-state index in [4.69, 9.17) is 10.5 Å². The first kappa shape index (κ1) is 14.4. The highest BCUT2D eigenvalue weighted by molar-refractivity contribution is 5.37. The van der Waals surface area contributed by atoms with Gasteiger partial charge in [0.05, 0.1) is 25.4 Å². The third-order valence-electron chi connectivity index (χ3n) is 2.88. The van der Waals surface area contributed by atoms with Gasteiger partial charge in [-0.2, -0.15) is 18.3 Å². The quantitative estimate of drug-likeness (QED) is 0.938. The zero-order valence-electron chi connectivity index (χ0n) is 10.8. The minimum Gasteiger partial charge on any atom is -0.496 e. The van der Waals surface area contributed by atoms with Gasteiger partial charge >= 0.3 is 6.18 Å². The number of hydrogen-bond donors (Lipinski definition) is 1. The van der Waals surface area contributed by atoms with Crippen molar-refractivity contribution in [1.29, 1.82) is 0 Å². The summed E-state index contributed by atoms with van der Waals surface area (Å²) >= 11 is 0. The second kappa shape index (κ2) is 5.54. The summed E-state index contributed by atoms with van der Waals surface area (Å²) in [5, 5.41) is 3.71. The summed E-state index contributed by atoms with van der Waals surface area (Å²) in [4.78, 5) is 0. The largest absolute Gasteiger partial charge is 0.496 e. The van der Waals surface area contributed by atoms with Crippen LogP contribution in [0.15, 0.2) is 30.6 Å². The van der Waals surface area contributed by atoms with Crippen molar-refractivity contribution in [1.82, 2.24) is 9.78 Å². The summed E-state index contributed by atoms with van der Waals surface area (Å²) in [6.07, 6.45) is -2.59. The molecule has 0 atom stereocenters. The number of ether oxygens (including phenoxy) is 1. The number of nitrogens with zero attached hydrogens (tertiary/aromatic N) is 2. The summed E-state index contributed by atoms with van der Waals surface area (Å²) in [6.45, 7) is 0.570. The highest BCUT2D eigenvalue weighted by Crippen LogP contribution is 2.28. The Morgan fingerprint density at radius 2 is 2.10 bits per heavy atom. The first-order valence-corrected chi connectivity index (χ1v) is 5.89. The summed E-state index contributed by atoms with van der Waals surface area (Å²) in [7, 11) is 1.52. The maximum absolute atomic E-state index is 12.5. The van der Waals surface area contributed by atoms with Crippen molar-refractivity contribution in [3.63, 3.8) is 0 Å². The van der Waals surface area contributed by atoms with Gasteiger partial charge in [0.25, 0.3) is 0 Å². The lowest BCUT2D eigenvalue weighted by molar-refractivity contribution is -0.137. The average Bonchev–Trinajstić information content (AvgIpc) is 2.87. The smallest absolute Gasteiger partial charge is 0.419 e. The Bertz CT molecular complexity index is 593. The Morgan fingerprint density at radius 1 is 1.35 bits per heavy atom. The van der Waals surface area contributed by atoms with Gasteiger partial charge in [-0.25, -0.2) is 0 Å². The van der Waals surface area contributed by atoms with Crippen LogP contribution in [0.2, 0.25) is 0 Å². The van der Waals surface area contributed by atoms with Gasteiger partial charge in [-0.15, -0.1) is 0 Å². The molecule has 2 aromatic rings. The number of aromatic nitrogens is 2. The third-order valence-corrected chi connectivity index (χ3v) is 2.88. The lowest BCUT2D eigenvalue weighted by atomic mass is 10.1. The second-order valence-corrected chi connectivity index (χ2v) is 4.27. The van der Waals surface area contributed by atoms with Crippen LogP contribution in [0.1, 0.15) is 16.7 Å². The predicted molar refractivity (Wildman–Crippen MR) is 67.2 cm³/mol. The molecule has 0 unspecified atom stereocenters. The second-order valence-electron chi connectivity index (χ2n) is 4.27. The normalized spacial score (nSPS) is 11.7. The molecule has 0 saturated carbocycles. The Hall–Kier alpha value is -2.02. The molecule has 0 fully saturated rings. The zero-order chi connectivity index (χ0) is 14.8. The van der Waals surface area contributed by atoms with Crippen molar-refractivity contribution in [2.45, 2.75) is 19.3 Å². The van der Waals surface area contributed by atoms with Crippen LogP contribution >= 0.6 is 0 Å². The molecule has 2 rings (SSSR count). The predicted octanol–water partition coefficient (Wildman–Crippen LogP) is 2.42. The maximum atomic E-state index is 12.5. The molecule has 7 heteroatoms. The maximum Gasteiger partial charge on any atom is 0.419 e.